The van der Waals surface area contributed by atoms with Crippen LogP contribution >= 0.6 is 34.5 Å². The van der Waals surface area contributed by atoms with Crippen LogP contribution in [-0.4, -0.2) is 10.9 Å². The lowest BCUT2D eigenvalue weighted by molar-refractivity contribution is 0.0997. The molecular weight excluding hydrogens is 434 g/mol. The van der Waals surface area contributed by atoms with E-state index < -0.39 is 5.91 Å². The fourth-order valence-electron chi connectivity index (χ4n) is 2.70. The average Bonchev–Trinajstić information content (AvgIpc) is 3.35. The zero-order valence-electron chi connectivity index (χ0n) is 14.8. The number of furan rings is 1. The van der Waals surface area contributed by atoms with E-state index in [0.29, 0.717) is 32.9 Å². The first kappa shape index (κ1) is 19.6. The summed E-state index contributed by atoms with van der Waals surface area (Å²) in [7, 11) is 0. The molecular formula is C21H13Cl2FN2O2S. The Kier molecular flexibility index (Phi) is 5.67. The van der Waals surface area contributed by atoms with Gasteiger partial charge in [0.25, 0.3) is 5.91 Å². The van der Waals surface area contributed by atoms with Crippen LogP contribution in [0.25, 0.3) is 11.3 Å². The lowest BCUT2D eigenvalue weighted by Gasteiger charge is -2.02. The zero-order chi connectivity index (χ0) is 20.4. The van der Waals surface area contributed by atoms with Crippen molar-refractivity contribution in [3.63, 3.8) is 0 Å². The van der Waals surface area contributed by atoms with Crippen molar-refractivity contribution in [3.8, 4) is 11.3 Å². The summed E-state index contributed by atoms with van der Waals surface area (Å²) in [6.07, 6.45) is 2.29. The third kappa shape index (κ3) is 4.67. The lowest BCUT2D eigenvalue weighted by atomic mass is 10.1. The maximum atomic E-state index is 13.0. The van der Waals surface area contributed by atoms with Crippen LogP contribution in [-0.2, 0) is 6.42 Å². The molecule has 1 amide bonds. The molecule has 0 radical (unpaired) electrons. The van der Waals surface area contributed by atoms with Gasteiger partial charge in [0.1, 0.15) is 11.6 Å². The molecule has 4 rings (SSSR count). The quantitative estimate of drug-likeness (QED) is 0.371. The Balaban J connectivity index is 1.45. The molecule has 0 aliphatic heterocycles. The molecule has 0 bridgehead atoms. The molecule has 29 heavy (non-hydrogen) atoms. The molecule has 0 aliphatic rings. The largest absolute Gasteiger partial charge is 0.451 e. The topological polar surface area (TPSA) is 55.1 Å². The Morgan fingerprint density at radius 3 is 2.69 bits per heavy atom. The number of anilines is 1. The summed E-state index contributed by atoms with van der Waals surface area (Å²) in [5.74, 6) is -0.120. The second-order valence-corrected chi connectivity index (χ2v) is 8.14. The Hall–Kier alpha value is -2.67. The molecule has 0 atom stereocenters. The van der Waals surface area contributed by atoms with Crippen molar-refractivity contribution in [1.29, 1.82) is 0 Å². The summed E-state index contributed by atoms with van der Waals surface area (Å²) in [4.78, 5) is 17.6. The molecule has 0 unspecified atom stereocenters. The second-order valence-electron chi connectivity index (χ2n) is 6.18. The van der Waals surface area contributed by atoms with Gasteiger partial charge in [0.05, 0.1) is 5.02 Å². The maximum absolute atomic E-state index is 13.0. The molecule has 4 nitrogen and oxygen atoms in total. The highest BCUT2D eigenvalue weighted by Gasteiger charge is 2.16. The molecule has 0 saturated carbocycles. The van der Waals surface area contributed by atoms with E-state index in [0.717, 1.165) is 10.4 Å². The Labute approximate surface area is 179 Å². The Morgan fingerprint density at radius 1 is 1.10 bits per heavy atom. The predicted octanol–water partition coefficient (Wildman–Crippen LogP) is 6.69. The minimum atomic E-state index is -0.419. The van der Waals surface area contributed by atoms with E-state index in [-0.39, 0.29) is 11.6 Å². The molecule has 0 spiro atoms. The molecule has 2 aromatic heterocycles. The summed E-state index contributed by atoms with van der Waals surface area (Å²) in [6, 6.07) is 14.5. The number of halogens is 3. The fraction of sp³-hybridized carbons (Fsp3) is 0.0476. The number of carbonyl (C=O) groups is 1. The van der Waals surface area contributed by atoms with Gasteiger partial charge in [-0.15, -0.1) is 11.3 Å². The molecule has 0 aliphatic carbocycles. The molecule has 0 saturated heterocycles. The van der Waals surface area contributed by atoms with E-state index in [2.05, 4.69) is 10.3 Å². The number of benzene rings is 2. The van der Waals surface area contributed by atoms with Gasteiger partial charge in [-0.2, -0.15) is 0 Å². The fourth-order valence-corrected chi connectivity index (χ4v) is 3.92. The predicted molar refractivity (Wildman–Crippen MR) is 113 cm³/mol. The van der Waals surface area contributed by atoms with Gasteiger partial charge in [-0.1, -0.05) is 35.3 Å². The first-order valence-electron chi connectivity index (χ1n) is 8.54. The zero-order valence-corrected chi connectivity index (χ0v) is 17.1. The number of nitrogens with one attached hydrogen (secondary N) is 1. The summed E-state index contributed by atoms with van der Waals surface area (Å²) in [5.41, 5.74) is 1.57. The SMILES string of the molecule is O=C(Nc1ncc(Cc2ccc(F)cc2)s1)c1ccc(-c2cc(Cl)ccc2Cl)o1. The van der Waals surface area contributed by atoms with Gasteiger partial charge in [-0.25, -0.2) is 9.37 Å². The molecule has 2 aromatic carbocycles. The van der Waals surface area contributed by atoms with Crippen LogP contribution in [0.15, 0.2) is 65.2 Å². The maximum Gasteiger partial charge on any atom is 0.293 e. The third-order valence-electron chi connectivity index (χ3n) is 4.09. The van der Waals surface area contributed by atoms with Crippen LogP contribution < -0.4 is 5.32 Å². The van der Waals surface area contributed by atoms with Gasteiger partial charge in [0.2, 0.25) is 0 Å². The first-order valence-corrected chi connectivity index (χ1v) is 10.1. The van der Waals surface area contributed by atoms with Crippen molar-refractivity contribution in [1.82, 2.24) is 4.98 Å². The van der Waals surface area contributed by atoms with Crippen LogP contribution in [0.4, 0.5) is 9.52 Å². The van der Waals surface area contributed by atoms with Crippen molar-refractivity contribution < 1.29 is 13.6 Å². The summed E-state index contributed by atoms with van der Waals surface area (Å²) < 4.78 is 18.6. The van der Waals surface area contributed by atoms with Gasteiger partial charge in [-0.05, 0) is 48.0 Å². The number of hydrogen-bond donors (Lipinski definition) is 1. The van der Waals surface area contributed by atoms with Crippen LogP contribution in [0.5, 0.6) is 0 Å². The van der Waals surface area contributed by atoms with Crippen molar-refractivity contribution in [2.45, 2.75) is 6.42 Å². The van der Waals surface area contributed by atoms with E-state index in [4.69, 9.17) is 27.6 Å². The third-order valence-corrected chi connectivity index (χ3v) is 5.57. The highest BCUT2D eigenvalue weighted by Crippen LogP contribution is 2.32. The smallest absolute Gasteiger partial charge is 0.293 e. The summed E-state index contributed by atoms with van der Waals surface area (Å²) in [5, 5.41) is 4.16. The van der Waals surface area contributed by atoms with Crippen LogP contribution in [0, 0.1) is 5.82 Å². The number of aromatic nitrogens is 1. The van der Waals surface area contributed by atoms with E-state index in [1.165, 1.54) is 23.5 Å². The van der Waals surface area contributed by atoms with E-state index in [9.17, 15) is 9.18 Å². The monoisotopic (exact) mass is 446 g/mol. The molecule has 2 heterocycles. The first-order chi connectivity index (χ1) is 14.0. The van der Waals surface area contributed by atoms with E-state index in [1.54, 1.807) is 48.7 Å². The average molecular weight is 447 g/mol. The van der Waals surface area contributed by atoms with Gasteiger partial charge >= 0.3 is 0 Å². The number of rotatable bonds is 5. The summed E-state index contributed by atoms with van der Waals surface area (Å²) in [6.45, 7) is 0. The highest BCUT2D eigenvalue weighted by molar-refractivity contribution is 7.15. The molecule has 4 aromatic rings. The standard InChI is InChI=1S/C21H13Cl2FN2O2S/c22-13-3-6-17(23)16(10-13)18-7-8-19(28-18)20(27)26-21-25-11-15(29-21)9-12-1-4-14(24)5-2-12/h1-8,10-11H,9H2,(H,25,26,27). The normalized spacial score (nSPS) is 10.9. The van der Waals surface area contributed by atoms with Crippen molar-refractivity contribution in [2.24, 2.45) is 0 Å². The van der Waals surface area contributed by atoms with E-state index >= 15 is 0 Å². The second kappa shape index (κ2) is 8.37. The van der Waals surface area contributed by atoms with Gasteiger partial charge in [-0.3, -0.25) is 10.1 Å². The number of hydrogen-bond acceptors (Lipinski definition) is 4. The van der Waals surface area contributed by atoms with Crippen molar-refractivity contribution >= 4 is 45.6 Å². The van der Waals surface area contributed by atoms with Gasteiger partial charge < -0.3 is 4.42 Å². The van der Waals surface area contributed by atoms with Gasteiger partial charge in [0, 0.05) is 28.1 Å². The Bertz CT molecular complexity index is 1170. The molecule has 1 N–H and O–H groups in total. The molecule has 0 fully saturated rings. The minimum Gasteiger partial charge on any atom is -0.451 e. The molecule has 8 heteroatoms. The number of nitrogens with zero attached hydrogens (tertiary/aromatic N) is 1. The number of amides is 1. The van der Waals surface area contributed by atoms with Crippen LogP contribution in [0.2, 0.25) is 10.0 Å². The lowest BCUT2D eigenvalue weighted by Crippen LogP contribution is -2.10. The Morgan fingerprint density at radius 2 is 1.90 bits per heavy atom. The van der Waals surface area contributed by atoms with Crippen LogP contribution in [0.3, 0.4) is 0 Å². The molecule has 146 valence electrons. The number of thiazole rings is 1. The van der Waals surface area contributed by atoms with Crippen molar-refractivity contribution in [3.05, 3.63) is 92.9 Å². The van der Waals surface area contributed by atoms with Gasteiger partial charge in [0.15, 0.2) is 10.9 Å². The number of carbonyl (C=O) groups excluding carboxylic acids is 1. The summed E-state index contributed by atoms with van der Waals surface area (Å²) >= 11 is 13.5. The van der Waals surface area contributed by atoms with E-state index in [1.807, 2.05) is 0 Å². The minimum absolute atomic E-state index is 0.131. The van der Waals surface area contributed by atoms with Crippen molar-refractivity contribution in [2.75, 3.05) is 5.32 Å². The highest BCUT2D eigenvalue weighted by atomic mass is 35.5. The van der Waals surface area contributed by atoms with Crippen LogP contribution in [0.1, 0.15) is 21.0 Å².